The van der Waals surface area contributed by atoms with Gasteiger partial charge in [0.25, 0.3) is 5.91 Å². The average molecular weight is 363 g/mol. The molecule has 1 aliphatic heterocycles. The first kappa shape index (κ1) is 17.2. The molecule has 1 atom stereocenters. The van der Waals surface area contributed by atoms with Crippen molar-refractivity contribution >= 4 is 52.7 Å². The summed E-state index contributed by atoms with van der Waals surface area (Å²) in [4.78, 5) is 25.6. The fourth-order valence-corrected chi connectivity index (χ4v) is 3.18. The van der Waals surface area contributed by atoms with E-state index in [2.05, 4.69) is 5.32 Å². The van der Waals surface area contributed by atoms with E-state index in [0.717, 1.165) is 0 Å². The molecule has 1 aromatic rings. The van der Waals surface area contributed by atoms with Gasteiger partial charge in [0.2, 0.25) is 5.44 Å². The first-order valence-electron chi connectivity index (χ1n) is 6.55. The summed E-state index contributed by atoms with van der Waals surface area (Å²) in [5, 5.41) is 3.32. The Kier molecular flexibility index (Phi) is 5.14. The van der Waals surface area contributed by atoms with E-state index in [4.69, 9.17) is 27.9 Å². The minimum Gasteiger partial charge on any atom is -0.425 e. The van der Waals surface area contributed by atoms with Crippen molar-refractivity contribution in [3.05, 3.63) is 28.2 Å². The molecule has 0 bridgehead atoms. The maximum Gasteiger partial charge on any atom is 0.409 e. The van der Waals surface area contributed by atoms with Crippen molar-refractivity contribution in [2.24, 2.45) is 0 Å². The first-order chi connectivity index (χ1) is 10.2. The lowest BCUT2D eigenvalue weighted by Gasteiger charge is -2.21. The van der Waals surface area contributed by atoms with Crippen LogP contribution >= 0.6 is 35.0 Å². The highest BCUT2D eigenvalue weighted by atomic mass is 35.5. The van der Waals surface area contributed by atoms with Crippen LogP contribution in [0.5, 0.6) is 0 Å². The number of thioether (sulfide) groups is 1. The van der Waals surface area contributed by atoms with Crippen LogP contribution in [0.2, 0.25) is 10.0 Å². The molecule has 0 aromatic heterocycles. The zero-order valence-electron chi connectivity index (χ0n) is 12.4. The third kappa shape index (κ3) is 4.00. The highest BCUT2D eigenvalue weighted by molar-refractivity contribution is 8.01. The van der Waals surface area contributed by atoms with Crippen LogP contribution in [0.1, 0.15) is 20.8 Å². The summed E-state index contributed by atoms with van der Waals surface area (Å²) in [5.74, 6) is 0.00467. The molecule has 1 aromatic carbocycles. The number of amides is 2. The van der Waals surface area contributed by atoms with Gasteiger partial charge in [-0.05, 0) is 32.9 Å². The molecular formula is C14H16Cl2N2O3S. The van der Waals surface area contributed by atoms with Crippen molar-refractivity contribution in [3.8, 4) is 0 Å². The number of nitrogens with zero attached hydrogens (tertiary/aromatic N) is 1. The molecule has 1 fully saturated rings. The molecule has 8 heteroatoms. The van der Waals surface area contributed by atoms with Gasteiger partial charge in [-0.1, -0.05) is 41.0 Å². The van der Waals surface area contributed by atoms with E-state index in [-0.39, 0.29) is 5.91 Å². The van der Waals surface area contributed by atoms with Gasteiger partial charge >= 0.3 is 6.09 Å². The Morgan fingerprint density at radius 2 is 2.09 bits per heavy atom. The summed E-state index contributed by atoms with van der Waals surface area (Å²) in [7, 11) is 0. The summed E-state index contributed by atoms with van der Waals surface area (Å²) < 4.78 is 5.17. The molecule has 0 spiro atoms. The fourth-order valence-electron chi connectivity index (χ4n) is 1.81. The third-order valence-electron chi connectivity index (χ3n) is 2.74. The van der Waals surface area contributed by atoms with Crippen molar-refractivity contribution in [1.29, 1.82) is 0 Å². The van der Waals surface area contributed by atoms with E-state index in [1.54, 1.807) is 18.2 Å². The Bertz CT molecular complexity index is 604. The number of benzene rings is 1. The maximum atomic E-state index is 12.4. The van der Waals surface area contributed by atoms with Crippen LogP contribution in [0.15, 0.2) is 18.2 Å². The topological polar surface area (TPSA) is 58.6 Å². The Labute approximate surface area is 143 Å². The van der Waals surface area contributed by atoms with Gasteiger partial charge in [-0.2, -0.15) is 0 Å². The van der Waals surface area contributed by atoms with E-state index in [1.807, 2.05) is 20.8 Å². The largest absolute Gasteiger partial charge is 0.425 e. The molecule has 0 radical (unpaired) electrons. The van der Waals surface area contributed by atoms with Crippen LogP contribution in [-0.4, -0.2) is 28.9 Å². The zero-order valence-corrected chi connectivity index (χ0v) is 14.7. The van der Waals surface area contributed by atoms with E-state index in [9.17, 15) is 9.59 Å². The van der Waals surface area contributed by atoms with Gasteiger partial charge in [-0.3, -0.25) is 9.69 Å². The van der Waals surface area contributed by atoms with Gasteiger partial charge < -0.3 is 10.1 Å². The smallest absolute Gasteiger partial charge is 0.409 e. The average Bonchev–Trinajstić information content (AvgIpc) is 2.72. The van der Waals surface area contributed by atoms with E-state index in [1.165, 1.54) is 16.7 Å². The number of rotatable bonds is 2. The molecule has 0 aliphatic carbocycles. The second kappa shape index (κ2) is 6.56. The number of hydrogen-bond donors (Lipinski definition) is 1. The van der Waals surface area contributed by atoms with Crippen LogP contribution < -0.4 is 10.2 Å². The molecule has 22 heavy (non-hydrogen) atoms. The number of carbonyl (C=O) groups is 2. The number of nitrogens with one attached hydrogen (secondary N) is 1. The molecule has 1 unspecified atom stereocenters. The van der Waals surface area contributed by atoms with Crippen molar-refractivity contribution in [3.63, 3.8) is 0 Å². The number of alkyl carbamates (subject to hydrolysis) is 1. The number of ether oxygens (including phenoxy) is 1. The molecule has 1 N–H and O–H groups in total. The third-order valence-corrected chi connectivity index (χ3v) is 4.55. The maximum absolute atomic E-state index is 12.4. The molecule has 0 saturated carbocycles. The van der Waals surface area contributed by atoms with Gasteiger partial charge in [-0.15, -0.1) is 0 Å². The summed E-state index contributed by atoms with van der Waals surface area (Å²) >= 11 is 13.3. The Balaban J connectivity index is 2.07. The standard InChI is InChI=1S/C14H16Cl2N2O3S/c1-14(2,3)17-13(20)21-12-11(19)18(7-22-12)9-6-4-5-8(15)10(9)16/h4-6,12H,7H2,1-3H3,(H,17,20). The van der Waals surface area contributed by atoms with Gasteiger partial charge in [0.15, 0.2) is 0 Å². The van der Waals surface area contributed by atoms with E-state index >= 15 is 0 Å². The number of carbonyl (C=O) groups excluding carboxylic acids is 2. The highest BCUT2D eigenvalue weighted by Crippen LogP contribution is 2.37. The molecule has 2 rings (SSSR count). The second-order valence-electron chi connectivity index (χ2n) is 5.75. The lowest BCUT2D eigenvalue weighted by atomic mass is 10.1. The van der Waals surface area contributed by atoms with Gasteiger partial charge in [0.05, 0.1) is 21.6 Å². The molecular weight excluding hydrogens is 347 g/mol. The predicted octanol–water partition coefficient (Wildman–Crippen LogP) is 3.88. The second-order valence-corrected chi connectivity index (χ2v) is 7.55. The molecule has 1 aliphatic rings. The van der Waals surface area contributed by atoms with Crippen molar-refractivity contribution < 1.29 is 14.3 Å². The fraction of sp³-hybridized carbons (Fsp3) is 0.429. The number of anilines is 1. The monoisotopic (exact) mass is 362 g/mol. The van der Waals surface area contributed by atoms with Crippen molar-refractivity contribution in [1.82, 2.24) is 5.32 Å². The Morgan fingerprint density at radius 1 is 1.41 bits per heavy atom. The number of hydrogen-bond acceptors (Lipinski definition) is 4. The van der Waals surface area contributed by atoms with Gasteiger partial charge in [0.1, 0.15) is 0 Å². The lowest BCUT2D eigenvalue weighted by molar-refractivity contribution is -0.122. The van der Waals surface area contributed by atoms with E-state index in [0.29, 0.717) is 21.6 Å². The SMILES string of the molecule is CC(C)(C)NC(=O)OC1SCN(c2cccc(Cl)c2Cl)C1=O. The van der Waals surface area contributed by atoms with Crippen LogP contribution in [0, 0.1) is 0 Å². The molecule has 5 nitrogen and oxygen atoms in total. The Hall–Kier alpha value is -1.11. The highest BCUT2D eigenvalue weighted by Gasteiger charge is 2.37. The van der Waals surface area contributed by atoms with Gasteiger partial charge in [0, 0.05) is 5.54 Å². The minimum absolute atomic E-state index is 0.304. The minimum atomic E-state index is -0.891. The molecule has 120 valence electrons. The van der Waals surface area contributed by atoms with Crippen LogP contribution in [0.4, 0.5) is 10.5 Å². The van der Waals surface area contributed by atoms with Crippen LogP contribution in [0.25, 0.3) is 0 Å². The molecule has 1 heterocycles. The lowest BCUT2D eigenvalue weighted by Crippen LogP contribution is -2.43. The van der Waals surface area contributed by atoms with Crippen molar-refractivity contribution in [2.45, 2.75) is 31.7 Å². The zero-order chi connectivity index (χ0) is 16.5. The van der Waals surface area contributed by atoms with Crippen LogP contribution in [-0.2, 0) is 9.53 Å². The molecule has 1 saturated heterocycles. The van der Waals surface area contributed by atoms with Crippen LogP contribution in [0.3, 0.4) is 0 Å². The van der Waals surface area contributed by atoms with Gasteiger partial charge in [-0.25, -0.2) is 4.79 Å². The van der Waals surface area contributed by atoms with E-state index < -0.39 is 17.1 Å². The van der Waals surface area contributed by atoms with Crippen molar-refractivity contribution in [2.75, 3.05) is 10.8 Å². The quantitative estimate of drug-likeness (QED) is 0.866. The summed E-state index contributed by atoms with van der Waals surface area (Å²) in [6, 6.07) is 5.05. The number of halogens is 2. The summed E-state index contributed by atoms with van der Waals surface area (Å²) in [6.45, 7) is 5.49. The first-order valence-corrected chi connectivity index (χ1v) is 8.35. The summed E-state index contributed by atoms with van der Waals surface area (Å²) in [6.07, 6.45) is -0.627. The Morgan fingerprint density at radius 3 is 2.73 bits per heavy atom. The normalized spacial score (nSPS) is 18.5. The summed E-state index contributed by atoms with van der Waals surface area (Å²) in [5.41, 5.74) is -0.814. The molecule has 2 amide bonds. The predicted molar refractivity (Wildman–Crippen MR) is 89.6 cm³/mol.